The fraction of sp³-hybridized carbons (Fsp3) is 0.318. The number of amides is 1. The Morgan fingerprint density at radius 3 is 2.15 bits per heavy atom. The number of hydrogen-bond donors (Lipinski definition) is 2. The molecule has 1 fully saturated rings. The van der Waals surface area contributed by atoms with Crippen LogP contribution in [0.4, 0.5) is 5.69 Å². The number of benzene rings is 2. The van der Waals surface area contributed by atoms with Gasteiger partial charge in [-0.25, -0.2) is 9.59 Å². The van der Waals surface area contributed by atoms with Gasteiger partial charge in [-0.05, 0) is 24.6 Å². The molecule has 176 valence electrons. The first kappa shape index (κ1) is 25.3. The first-order valence-corrected chi connectivity index (χ1v) is 10.0. The Bertz CT molecular complexity index is 973. The van der Waals surface area contributed by atoms with Gasteiger partial charge in [0.1, 0.15) is 5.75 Å². The highest BCUT2D eigenvalue weighted by Crippen LogP contribution is 2.16. The van der Waals surface area contributed by atoms with Gasteiger partial charge in [-0.15, -0.1) is 0 Å². The number of piperazine rings is 1. The molecule has 0 bridgehead atoms. The van der Waals surface area contributed by atoms with E-state index in [-0.39, 0.29) is 23.1 Å². The number of aryl methyl sites for hydroxylation is 1. The number of nitrogens with zero attached hydrogens (tertiary/aromatic N) is 3. The minimum Gasteiger partial charge on any atom is -0.484 e. The van der Waals surface area contributed by atoms with Crippen LogP contribution in [0, 0.1) is 17.0 Å². The monoisotopic (exact) mass is 459 g/mol. The quantitative estimate of drug-likeness (QED) is 0.374. The Labute approximate surface area is 189 Å². The smallest absolute Gasteiger partial charge is 0.414 e. The highest BCUT2D eigenvalue weighted by Gasteiger charge is 2.21. The molecule has 1 saturated heterocycles. The molecule has 1 heterocycles. The third-order valence-electron chi connectivity index (χ3n) is 4.82. The van der Waals surface area contributed by atoms with Crippen molar-refractivity contribution in [1.29, 1.82) is 0 Å². The molecule has 0 aliphatic carbocycles. The van der Waals surface area contributed by atoms with Gasteiger partial charge in [-0.2, -0.15) is 0 Å². The molecule has 0 atom stereocenters. The van der Waals surface area contributed by atoms with Gasteiger partial charge in [-0.3, -0.25) is 19.8 Å². The van der Waals surface area contributed by atoms with Gasteiger partial charge in [0, 0.05) is 44.9 Å². The van der Waals surface area contributed by atoms with Crippen LogP contribution >= 0.6 is 0 Å². The second-order valence-corrected chi connectivity index (χ2v) is 7.30. The van der Waals surface area contributed by atoms with Crippen molar-refractivity contribution in [1.82, 2.24) is 9.80 Å². The van der Waals surface area contributed by atoms with Crippen LogP contribution in [0.3, 0.4) is 0 Å². The summed E-state index contributed by atoms with van der Waals surface area (Å²) in [6.07, 6.45) is 0. The van der Waals surface area contributed by atoms with E-state index in [0.29, 0.717) is 25.4 Å². The second kappa shape index (κ2) is 12.2. The fourth-order valence-electron chi connectivity index (χ4n) is 3.05. The molecule has 0 spiro atoms. The topological polar surface area (TPSA) is 151 Å². The SMILES string of the molecule is Cc1ccc(OCC(=O)N2CCN(Cc3cccc([N+](=O)[O-])c3)CC2)cc1.O=C(O)C(=O)O. The summed E-state index contributed by atoms with van der Waals surface area (Å²) in [5.41, 5.74) is 2.16. The van der Waals surface area contributed by atoms with Crippen LogP contribution in [0.25, 0.3) is 0 Å². The van der Waals surface area contributed by atoms with E-state index in [9.17, 15) is 14.9 Å². The Hall–Kier alpha value is -3.99. The van der Waals surface area contributed by atoms with Crippen LogP contribution in [0.1, 0.15) is 11.1 Å². The number of carboxylic acids is 2. The van der Waals surface area contributed by atoms with E-state index in [1.54, 1.807) is 17.0 Å². The largest absolute Gasteiger partial charge is 0.484 e. The highest BCUT2D eigenvalue weighted by atomic mass is 16.6. The summed E-state index contributed by atoms with van der Waals surface area (Å²) in [6.45, 7) is 5.41. The molecule has 3 rings (SSSR count). The number of hydrogen-bond acceptors (Lipinski definition) is 7. The lowest BCUT2D eigenvalue weighted by Crippen LogP contribution is -2.49. The van der Waals surface area contributed by atoms with Crippen molar-refractivity contribution in [2.75, 3.05) is 32.8 Å². The maximum Gasteiger partial charge on any atom is 0.414 e. The van der Waals surface area contributed by atoms with Crippen LogP contribution in [0.2, 0.25) is 0 Å². The van der Waals surface area contributed by atoms with Crippen molar-refractivity contribution in [3.63, 3.8) is 0 Å². The predicted octanol–water partition coefficient (Wildman–Crippen LogP) is 1.78. The molecular weight excluding hydrogens is 434 g/mol. The third kappa shape index (κ3) is 8.57. The molecule has 0 radical (unpaired) electrons. The van der Waals surface area contributed by atoms with Gasteiger partial charge >= 0.3 is 11.9 Å². The molecule has 0 aromatic heterocycles. The number of non-ortho nitro benzene ring substituents is 1. The first-order valence-electron chi connectivity index (χ1n) is 10.0. The Morgan fingerprint density at radius 2 is 1.61 bits per heavy atom. The zero-order valence-electron chi connectivity index (χ0n) is 18.0. The van der Waals surface area contributed by atoms with E-state index < -0.39 is 11.9 Å². The van der Waals surface area contributed by atoms with Gasteiger partial charge < -0.3 is 19.8 Å². The lowest BCUT2D eigenvalue weighted by atomic mass is 10.1. The average molecular weight is 459 g/mol. The van der Waals surface area contributed by atoms with E-state index in [0.717, 1.165) is 24.2 Å². The first-order chi connectivity index (χ1) is 15.7. The van der Waals surface area contributed by atoms with Crippen molar-refractivity contribution in [2.45, 2.75) is 13.5 Å². The molecule has 11 nitrogen and oxygen atoms in total. The van der Waals surface area contributed by atoms with Gasteiger partial charge in [-0.1, -0.05) is 29.8 Å². The molecule has 2 N–H and O–H groups in total. The Balaban J connectivity index is 0.000000569. The molecule has 0 unspecified atom stereocenters. The average Bonchev–Trinajstić information content (AvgIpc) is 2.79. The van der Waals surface area contributed by atoms with Gasteiger partial charge in [0.15, 0.2) is 6.61 Å². The summed E-state index contributed by atoms with van der Waals surface area (Å²) in [5.74, 6) is -2.98. The Morgan fingerprint density at radius 1 is 1.00 bits per heavy atom. The maximum absolute atomic E-state index is 12.3. The van der Waals surface area contributed by atoms with Crippen molar-refractivity contribution in [3.05, 3.63) is 69.8 Å². The van der Waals surface area contributed by atoms with Gasteiger partial charge in [0.2, 0.25) is 0 Å². The zero-order valence-corrected chi connectivity index (χ0v) is 18.0. The summed E-state index contributed by atoms with van der Waals surface area (Å²) in [6, 6.07) is 14.3. The lowest BCUT2D eigenvalue weighted by molar-refractivity contribution is -0.384. The van der Waals surface area contributed by atoms with E-state index in [4.69, 9.17) is 24.5 Å². The van der Waals surface area contributed by atoms with Crippen molar-refractivity contribution in [2.24, 2.45) is 0 Å². The van der Waals surface area contributed by atoms with Crippen molar-refractivity contribution in [3.8, 4) is 5.75 Å². The Kier molecular flexibility index (Phi) is 9.30. The molecule has 11 heteroatoms. The van der Waals surface area contributed by atoms with Crippen LogP contribution in [-0.4, -0.2) is 75.6 Å². The number of ether oxygens (including phenoxy) is 1. The predicted molar refractivity (Wildman–Crippen MR) is 117 cm³/mol. The fourth-order valence-corrected chi connectivity index (χ4v) is 3.05. The van der Waals surface area contributed by atoms with E-state index in [1.807, 2.05) is 37.3 Å². The van der Waals surface area contributed by atoms with Crippen LogP contribution in [0.5, 0.6) is 5.75 Å². The van der Waals surface area contributed by atoms with Crippen LogP contribution in [0.15, 0.2) is 48.5 Å². The summed E-state index contributed by atoms with van der Waals surface area (Å²) >= 11 is 0. The molecule has 1 aliphatic heterocycles. The number of carboxylic acid groups (broad SMARTS) is 2. The van der Waals surface area contributed by atoms with Crippen molar-refractivity contribution >= 4 is 23.5 Å². The highest BCUT2D eigenvalue weighted by molar-refractivity contribution is 6.27. The molecule has 1 amide bonds. The van der Waals surface area contributed by atoms with Crippen LogP contribution < -0.4 is 4.74 Å². The minimum absolute atomic E-state index is 0.0226. The lowest BCUT2D eigenvalue weighted by Gasteiger charge is -2.34. The van der Waals surface area contributed by atoms with Gasteiger partial charge in [0.25, 0.3) is 11.6 Å². The molecular formula is C22H25N3O8. The van der Waals surface area contributed by atoms with Crippen LogP contribution in [-0.2, 0) is 20.9 Å². The summed E-state index contributed by atoms with van der Waals surface area (Å²) in [4.78, 5) is 45.0. The third-order valence-corrected chi connectivity index (χ3v) is 4.82. The standard InChI is InChI=1S/C20H23N3O4.C2H2O4/c1-16-5-7-19(8-6-16)27-15-20(24)22-11-9-21(10-12-22)14-17-3-2-4-18(13-17)23(25)26;3-1(4)2(5)6/h2-8,13H,9-12,14-15H2,1H3;(H,3,4)(H,5,6). The number of aliphatic carboxylic acids is 2. The number of rotatable bonds is 6. The maximum atomic E-state index is 12.3. The second-order valence-electron chi connectivity index (χ2n) is 7.30. The summed E-state index contributed by atoms with van der Waals surface area (Å²) in [7, 11) is 0. The molecule has 2 aromatic carbocycles. The number of carbonyl (C=O) groups excluding carboxylic acids is 1. The van der Waals surface area contributed by atoms with E-state index in [1.165, 1.54) is 6.07 Å². The molecule has 1 aliphatic rings. The molecule has 33 heavy (non-hydrogen) atoms. The number of carbonyl (C=O) groups is 3. The van der Waals surface area contributed by atoms with Crippen molar-refractivity contribution < 1.29 is 34.3 Å². The number of nitro benzene ring substituents is 1. The van der Waals surface area contributed by atoms with E-state index in [2.05, 4.69) is 4.90 Å². The number of nitro groups is 1. The van der Waals surface area contributed by atoms with Gasteiger partial charge in [0.05, 0.1) is 4.92 Å². The molecule has 2 aromatic rings. The van der Waals surface area contributed by atoms with E-state index >= 15 is 0 Å². The summed E-state index contributed by atoms with van der Waals surface area (Å²) in [5, 5.41) is 25.7. The summed E-state index contributed by atoms with van der Waals surface area (Å²) < 4.78 is 5.57. The zero-order chi connectivity index (χ0) is 24.4. The molecule has 0 saturated carbocycles. The normalized spacial score (nSPS) is 13.4. The minimum atomic E-state index is -1.82.